The zero-order valence-corrected chi connectivity index (χ0v) is 17.4. The van der Waals surface area contributed by atoms with Gasteiger partial charge in [0.2, 0.25) is 0 Å². The first-order chi connectivity index (χ1) is 14.2. The van der Waals surface area contributed by atoms with Crippen molar-refractivity contribution in [3.8, 4) is 0 Å². The predicted octanol–water partition coefficient (Wildman–Crippen LogP) is 1.96. The number of anilines is 2. The number of aromatic nitrogens is 2. The van der Waals surface area contributed by atoms with Crippen LogP contribution < -0.4 is 10.2 Å². The monoisotopic (exact) mass is 432 g/mol. The van der Waals surface area contributed by atoms with Gasteiger partial charge in [0.05, 0.1) is 17.9 Å². The molecular formula is C20H24N4O5S. The van der Waals surface area contributed by atoms with E-state index in [1.807, 2.05) is 11.9 Å². The number of carbonyl (C=O) groups excluding carboxylic acids is 1. The molecular weight excluding hydrogens is 408 g/mol. The van der Waals surface area contributed by atoms with Crippen molar-refractivity contribution < 1.29 is 23.1 Å². The van der Waals surface area contributed by atoms with E-state index >= 15 is 0 Å². The third-order valence-corrected chi connectivity index (χ3v) is 6.33. The summed E-state index contributed by atoms with van der Waals surface area (Å²) in [4.78, 5) is 33.3. The third kappa shape index (κ3) is 6.51. The molecule has 30 heavy (non-hydrogen) atoms. The van der Waals surface area contributed by atoms with Crippen molar-refractivity contribution in [3.63, 3.8) is 0 Å². The Morgan fingerprint density at radius 2 is 1.90 bits per heavy atom. The van der Waals surface area contributed by atoms with Crippen LogP contribution in [0.5, 0.6) is 0 Å². The zero-order chi connectivity index (χ0) is 21.7. The minimum atomic E-state index is -3.52. The van der Waals surface area contributed by atoms with Gasteiger partial charge in [-0.2, -0.15) is 0 Å². The van der Waals surface area contributed by atoms with E-state index in [9.17, 15) is 18.0 Å². The second kappa shape index (κ2) is 9.21. The van der Waals surface area contributed by atoms with E-state index in [0.29, 0.717) is 23.0 Å². The third-order valence-electron chi connectivity index (χ3n) is 4.73. The molecule has 1 aromatic carbocycles. The van der Waals surface area contributed by atoms with Gasteiger partial charge in [0.25, 0.3) is 5.91 Å². The van der Waals surface area contributed by atoms with Crippen molar-refractivity contribution >= 4 is 33.2 Å². The summed E-state index contributed by atoms with van der Waals surface area (Å²) >= 11 is 0. The SMILES string of the molecule is CN(CC1CC1)c1cc(C(=O)Nc2ccc(CS(=O)(=O)CCC(=O)O)cc2)ncn1. The molecule has 1 aromatic heterocycles. The van der Waals surface area contributed by atoms with Gasteiger partial charge in [-0.15, -0.1) is 0 Å². The lowest BCUT2D eigenvalue weighted by Crippen LogP contribution is -2.22. The lowest BCUT2D eigenvalue weighted by molar-refractivity contribution is -0.136. The summed E-state index contributed by atoms with van der Waals surface area (Å²) in [5, 5.41) is 11.4. The number of nitrogens with zero attached hydrogens (tertiary/aromatic N) is 3. The van der Waals surface area contributed by atoms with Gasteiger partial charge < -0.3 is 15.3 Å². The Balaban J connectivity index is 1.60. The predicted molar refractivity (Wildman–Crippen MR) is 112 cm³/mol. The second-order valence-corrected chi connectivity index (χ2v) is 9.66. The standard InChI is InChI=1S/C20H24N4O5S/c1-24(11-14-2-3-14)18-10-17(21-13-22-18)20(27)23-16-6-4-15(5-7-16)12-30(28,29)9-8-19(25)26/h4-7,10,13-14H,2-3,8-9,11-12H2,1H3,(H,23,27)(H,25,26). The average Bonchev–Trinajstić information content (AvgIpc) is 3.52. The van der Waals surface area contributed by atoms with E-state index in [4.69, 9.17) is 5.11 Å². The molecule has 1 heterocycles. The lowest BCUT2D eigenvalue weighted by atomic mass is 10.2. The number of hydrogen-bond acceptors (Lipinski definition) is 7. The van der Waals surface area contributed by atoms with Gasteiger partial charge >= 0.3 is 5.97 Å². The first-order valence-corrected chi connectivity index (χ1v) is 11.4. The molecule has 160 valence electrons. The van der Waals surface area contributed by atoms with Crippen LogP contribution in [0.1, 0.15) is 35.3 Å². The molecule has 2 aromatic rings. The summed E-state index contributed by atoms with van der Waals surface area (Å²) in [6.07, 6.45) is 3.38. The largest absolute Gasteiger partial charge is 0.481 e. The number of amides is 1. The minimum absolute atomic E-state index is 0.239. The Morgan fingerprint density at radius 1 is 1.20 bits per heavy atom. The van der Waals surface area contributed by atoms with E-state index < -0.39 is 28.0 Å². The molecule has 0 bridgehead atoms. The molecule has 0 atom stereocenters. The number of carboxylic acids is 1. The summed E-state index contributed by atoms with van der Waals surface area (Å²) in [6.45, 7) is 0.898. The Hall–Kier alpha value is -3.01. The summed E-state index contributed by atoms with van der Waals surface area (Å²) in [5.41, 5.74) is 1.26. The summed E-state index contributed by atoms with van der Waals surface area (Å²) < 4.78 is 23.9. The number of nitrogens with one attached hydrogen (secondary N) is 1. The second-order valence-electron chi connectivity index (χ2n) is 7.47. The van der Waals surface area contributed by atoms with Gasteiger partial charge in [-0.3, -0.25) is 9.59 Å². The maximum absolute atomic E-state index is 12.5. The van der Waals surface area contributed by atoms with Crippen molar-refractivity contribution in [1.29, 1.82) is 0 Å². The topological polar surface area (TPSA) is 130 Å². The molecule has 0 saturated heterocycles. The molecule has 1 aliphatic carbocycles. The summed E-state index contributed by atoms with van der Waals surface area (Å²) in [5.74, 6) is -0.829. The van der Waals surface area contributed by atoms with Crippen LogP contribution in [0.15, 0.2) is 36.7 Å². The number of aliphatic carboxylic acids is 1. The van der Waals surface area contributed by atoms with Gasteiger partial charge in [-0.1, -0.05) is 12.1 Å². The first kappa shape index (κ1) is 21.7. The quantitative estimate of drug-likeness (QED) is 0.583. The molecule has 0 aliphatic heterocycles. The van der Waals surface area contributed by atoms with Gasteiger partial charge in [0.15, 0.2) is 9.84 Å². The minimum Gasteiger partial charge on any atom is -0.481 e. The highest BCUT2D eigenvalue weighted by Gasteiger charge is 2.23. The van der Waals surface area contributed by atoms with Crippen molar-refractivity contribution in [1.82, 2.24) is 9.97 Å². The van der Waals surface area contributed by atoms with E-state index in [2.05, 4.69) is 15.3 Å². The van der Waals surface area contributed by atoms with Crippen LogP contribution in [0, 0.1) is 5.92 Å². The number of benzene rings is 1. The molecule has 0 radical (unpaired) electrons. The maximum atomic E-state index is 12.5. The molecule has 9 nitrogen and oxygen atoms in total. The Labute approximate surface area is 175 Å². The highest BCUT2D eigenvalue weighted by atomic mass is 32.2. The normalized spacial score (nSPS) is 13.6. The van der Waals surface area contributed by atoms with Gasteiger partial charge in [0, 0.05) is 25.3 Å². The Morgan fingerprint density at radius 3 is 2.53 bits per heavy atom. The number of carboxylic acid groups (broad SMARTS) is 1. The van der Waals surface area contributed by atoms with Crippen LogP contribution in [0.25, 0.3) is 0 Å². The van der Waals surface area contributed by atoms with Gasteiger partial charge in [0.1, 0.15) is 17.8 Å². The number of rotatable bonds is 10. The molecule has 1 saturated carbocycles. The summed E-state index contributed by atoms with van der Waals surface area (Å²) in [6, 6.07) is 8.01. The maximum Gasteiger partial charge on any atom is 0.304 e. The lowest BCUT2D eigenvalue weighted by Gasteiger charge is -2.17. The molecule has 1 aliphatic rings. The van der Waals surface area contributed by atoms with Gasteiger partial charge in [-0.25, -0.2) is 18.4 Å². The fraction of sp³-hybridized carbons (Fsp3) is 0.400. The van der Waals surface area contributed by atoms with Crippen molar-refractivity contribution in [2.75, 3.05) is 29.6 Å². The van der Waals surface area contributed by atoms with E-state index in [-0.39, 0.29) is 17.4 Å². The average molecular weight is 433 g/mol. The fourth-order valence-electron chi connectivity index (χ4n) is 2.91. The number of carbonyl (C=O) groups is 2. The van der Waals surface area contributed by atoms with Gasteiger partial charge in [-0.05, 0) is 36.5 Å². The Kier molecular flexibility index (Phi) is 6.66. The fourth-order valence-corrected chi connectivity index (χ4v) is 4.24. The van der Waals surface area contributed by atoms with Crippen LogP contribution in [0.3, 0.4) is 0 Å². The summed E-state index contributed by atoms with van der Waals surface area (Å²) in [7, 11) is -1.58. The Bertz CT molecular complexity index is 1020. The first-order valence-electron chi connectivity index (χ1n) is 9.57. The van der Waals surface area contributed by atoms with Crippen molar-refractivity contribution in [3.05, 3.63) is 47.9 Å². The van der Waals surface area contributed by atoms with Crippen molar-refractivity contribution in [2.45, 2.75) is 25.0 Å². The van der Waals surface area contributed by atoms with E-state index in [1.54, 1.807) is 30.3 Å². The molecule has 2 N–H and O–H groups in total. The molecule has 1 fully saturated rings. The van der Waals surface area contributed by atoms with E-state index in [1.165, 1.54) is 19.2 Å². The van der Waals surface area contributed by atoms with E-state index in [0.717, 1.165) is 6.54 Å². The molecule has 0 spiro atoms. The zero-order valence-electron chi connectivity index (χ0n) is 16.6. The molecule has 10 heteroatoms. The number of sulfone groups is 1. The smallest absolute Gasteiger partial charge is 0.304 e. The van der Waals surface area contributed by atoms with Crippen molar-refractivity contribution in [2.24, 2.45) is 5.92 Å². The molecule has 3 rings (SSSR count). The highest BCUT2D eigenvalue weighted by molar-refractivity contribution is 7.90. The van der Waals surface area contributed by atoms with Crippen LogP contribution in [-0.2, 0) is 20.4 Å². The van der Waals surface area contributed by atoms with Crippen LogP contribution in [0.2, 0.25) is 0 Å². The molecule has 0 unspecified atom stereocenters. The van der Waals surface area contributed by atoms with Crippen LogP contribution in [-0.4, -0.2) is 54.7 Å². The van der Waals surface area contributed by atoms with Crippen LogP contribution in [0.4, 0.5) is 11.5 Å². The highest BCUT2D eigenvalue weighted by Crippen LogP contribution is 2.30. The molecule has 1 amide bonds. The number of hydrogen-bond donors (Lipinski definition) is 2. The van der Waals surface area contributed by atoms with Crippen LogP contribution >= 0.6 is 0 Å².